The Kier molecular flexibility index (Phi) is 5.85. The molecule has 0 aliphatic carbocycles. The highest BCUT2D eigenvalue weighted by Crippen LogP contribution is 2.29. The highest BCUT2D eigenvalue weighted by molar-refractivity contribution is 6.39. The molecule has 0 saturated heterocycles. The third-order valence-corrected chi connectivity index (χ3v) is 4.70. The fraction of sp³-hybridized carbons (Fsp3) is 0.105. The number of anilines is 1. The molecule has 1 aromatic heterocycles. The number of halogens is 3. The lowest BCUT2D eigenvalue weighted by Crippen LogP contribution is -2.35. The third-order valence-electron chi connectivity index (χ3n) is 3.86. The zero-order valence-corrected chi connectivity index (χ0v) is 16.4. The molecule has 0 saturated carbocycles. The predicted molar refractivity (Wildman–Crippen MR) is 109 cm³/mol. The molecule has 0 aliphatic rings. The van der Waals surface area contributed by atoms with E-state index in [1.807, 2.05) is 0 Å². The van der Waals surface area contributed by atoms with Crippen LogP contribution in [0, 0.1) is 0 Å². The van der Waals surface area contributed by atoms with Gasteiger partial charge in [-0.3, -0.25) is 9.59 Å². The van der Waals surface area contributed by atoms with Crippen molar-refractivity contribution in [3.63, 3.8) is 0 Å². The largest absolute Gasteiger partial charge is 0.332 e. The first-order valence-corrected chi connectivity index (χ1v) is 9.04. The van der Waals surface area contributed by atoms with Crippen molar-refractivity contribution in [2.24, 2.45) is 0 Å². The van der Waals surface area contributed by atoms with E-state index >= 15 is 0 Å². The first-order valence-electron chi connectivity index (χ1n) is 7.91. The van der Waals surface area contributed by atoms with Crippen LogP contribution in [0.3, 0.4) is 0 Å². The van der Waals surface area contributed by atoms with Crippen LogP contribution in [-0.4, -0.2) is 35.3 Å². The molecule has 0 aliphatic heterocycles. The number of nitrogens with one attached hydrogen (secondary N) is 1. The van der Waals surface area contributed by atoms with Gasteiger partial charge in [0, 0.05) is 18.0 Å². The number of rotatable bonds is 4. The normalized spacial score (nSPS) is 10.7. The lowest BCUT2D eigenvalue weighted by molar-refractivity contribution is -0.116. The predicted octanol–water partition coefficient (Wildman–Crippen LogP) is 4.91. The number of nitrogens with zero attached hydrogens (tertiary/aromatic N) is 2. The number of aromatic nitrogens is 1. The molecule has 5 nitrogen and oxygen atoms in total. The van der Waals surface area contributed by atoms with Crippen LogP contribution in [0.4, 0.5) is 5.69 Å². The van der Waals surface area contributed by atoms with Crippen molar-refractivity contribution in [1.29, 1.82) is 0 Å². The molecule has 3 aromatic rings. The highest BCUT2D eigenvalue weighted by atomic mass is 35.5. The molecule has 0 fully saturated rings. The molecule has 8 heteroatoms. The van der Waals surface area contributed by atoms with Crippen molar-refractivity contribution in [3.8, 4) is 0 Å². The molecule has 1 N–H and O–H groups in total. The molecule has 0 atom stereocenters. The minimum absolute atomic E-state index is 0.155. The second-order valence-electron chi connectivity index (χ2n) is 5.85. The number of benzene rings is 2. The molecule has 0 bridgehead atoms. The smallest absolute Gasteiger partial charge is 0.254 e. The van der Waals surface area contributed by atoms with Crippen LogP contribution in [0.25, 0.3) is 10.9 Å². The topological polar surface area (TPSA) is 62.3 Å². The van der Waals surface area contributed by atoms with Crippen molar-refractivity contribution in [2.45, 2.75) is 0 Å². The number of likely N-dealkylation sites (N-methyl/N-ethyl adjacent to an activating group) is 1. The Morgan fingerprint density at radius 1 is 1.04 bits per heavy atom. The fourth-order valence-electron chi connectivity index (χ4n) is 2.54. The number of pyridine rings is 1. The van der Waals surface area contributed by atoms with E-state index in [0.29, 0.717) is 32.0 Å². The van der Waals surface area contributed by atoms with Crippen LogP contribution in [0.2, 0.25) is 15.2 Å². The number of carbonyl (C=O) groups excluding carboxylic acids is 2. The van der Waals surface area contributed by atoms with Gasteiger partial charge < -0.3 is 10.2 Å². The van der Waals surface area contributed by atoms with Crippen LogP contribution < -0.4 is 5.32 Å². The van der Waals surface area contributed by atoms with E-state index in [1.54, 1.807) is 55.6 Å². The molecule has 0 spiro atoms. The number of amides is 2. The standard InChI is InChI=1S/C19H14Cl3N3O2/c1-25(10-17(26)24-18-13(20)3-2-4-14(18)21)19(27)12-5-7-15-11(9-12)6-8-16(22)23-15/h2-9H,10H2,1H3,(H,24,26). The summed E-state index contributed by atoms with van der Waals surface area (Å²) in [6, 6.07) is 13.4. The molecule has 3 rings (SSSR count). The second kappa shape index (κ2) is 8.13. The summed E-state index contributed by atoms with van der Waals surface area (Å²) in [5.41, 5.74) is 1.45. The van der Waals surface area contributed by atoms with Crippen molar-refractivity contribution in [2.75, 3.05) is 18.9 Å². The van der Waals surface area contributed by atoms with Crippen molar-refractivity contribution in [1.82, 2.24) is 9.88 Å². The van der Waals surface area contributed by atoms with E-state index in [4.69, 9.17) is 34.8 Å². The van der Waals surface area contributed by atoms with Crippen LogP contribution in [0.15, 0.2) is 48.5 Å². The maximum absolute atomic E-state index is 12.6. The lowest BCUT2D eigenvalue weighted by Gasteiger charge is -2.18. The third kappa shape index (κ3) is 4.50. The molecule has 1 heterocycles. The quantitative estimate of drug-likeness (QED) is 0.608. The van der Waals surface area contributed by atoms with Gasteiger partial charge in [0.15, 0.2) is 0 Å². The Bertz CT molecular complexity index is 1020. The number of hydrogen-bond acceptors (Lipinski definition) is 3. The maximum atomic E-state index is 12.6. The van der Waals surface area contributed by atoms with Gasteiger partial charge in [-0.15, -0.1) is 0 Å². The van der Waals surface area contributed by atoms with Crippen LogP contribution in [0.1, 0.15) is 10.4 Å². The summed E-state index contributed by atoms with van der Waals surface area (Å²) >= 11 is 17.9. The van der Waals surface area contributed by atoms with Gasteiger partial charge in [-0.25, -0.2) is 4.98 Å². The van der Waals surface area contributed by atoms with Gasteiger partial charge in [-0.2, -0.15) is 0 Å². The van der Waals surface area contributed by atoms with Gasteiger partial charge in [-0.1, -0.05) is 40.9 Å². The van der Waals surface area contributed by atoms with Crippen molar-refractivity contribution >= 4 is 63.2 Å². The number of carbonyl (C=O) groups is 2. The second-order valence-corrected chi connectivity index (χ2v) is 7.05. The molecule has 138 valence electrons. The number of fused-ring (bicyclic) bond motifs is 1. The summed E-state index contributed by atoms with van der Waals surface area (Å²) in [5, 5.41) is 4.45. The van der Waals surface area contributed by atoms with Gasteiger partial charge in [0.1, 0.15) is 5.15 Å². The Balaban J connectivity index is 1.72. The Hall–Kier alpha value is -2.34. The van der Waals surface area contributed by atoms with Crippen molar-refractivity contribution in [3.05, 3.63) is 69.3 Å². The van der Waals surface area contributed by atoms with Gasteiger partial charge in [0.25, 0.3) is 5.91 Å². The summed E-state index contributed by atoms with van der Waals surface area (Å²) in [6.07, 6.45) is 0. The molecule has 0 unspecified atom stereocenters. The van der Waals surface area contributed by atoms with Crippen molar-refractivity contribution < 1.29 is 9.59 Å². The van der Waals surface area contributed by atoms with E-state index in [2.05, 4.69) is 10.3 Å². The summed E-state index contributed by atoms with van der Waals surface area (Å²) in [7, 11) is 1.54. The van der Waals surface area contributed by atoms with Crippen LogP contribution >= 0.6 is 34.8 Å². The monoisotopic (exact) mass is 421 g/mol. The van der Waals surface area contributed by atoms with Crippen LogP contribution in [-0.2, 0) is 4.79 Å². The molecule has 0 radical (unpaired) electrons. The minimum Gasteiger partial charge on any atom is -0.332 e. The fourth-order valence-corrected chi connectivity index (χ4v) is 3.18. The van der Waals surface area contributed by atoms with E-state index in [-0.39, 0.29) is 12.5 Å². The van der Waals surface area contributed by atoms with E-state index < -0.39 is 5.91 Å². The Morgan fingerprint density at radius 2 is 1.74 bits per heavy atom. The lowest BCUT2D eigenvalue weighted by atomic mass is 10.1. The molecular formula is C19H14Cl3N3O2. The van der Waals surface area contributed by atoms with Gasteiger partial charge in [0.05, 0.1) is 27.8 Å². The van der Waals surface area contributed by atoms with Gasteiger partial charge in [0.2, 0.25) is 5.91 Å². The SMILES string of the molecule is CN(CC(=O)Nc1c(Cl)cccc1Cl)C(=O)c1ccc2nc(Cl)ccc2c1. The first-order chi connectivity index (χ1) is 12.8. The minimum atomic E-state index is -0.407. The number of hydrogen-bond donors (Lipinski definition) is 1. The summed E-state index contributed by atoms with van der Waals surface area (Å²) in [5.74, 6) is -0.706. The average molecular weight is 423 g/mol. The average Bonchev–Trinajstić information content (AvgIpc) is 2.63. The summed E-state index contributed by atoms with van der Waals surface area (Å²) in [4.78, 5) is 30.4. The maximum Gasteiger partial charge on any atom is 0.254 e. The van der Waals surface area contributed by atoms with Crippen LogP contribution in [0.5, 0.6) is 0 Å². The highest BCUT2D eigenvalue weighted by Gasteiger charge is 2.17. The zero-order valence-electron chi connectivity index (χ0n) is 14.2. The molecule has 27 heavy (non-hydrogen) atoms. The first kappa shape index (κ1) is 19.4. The van der Waals surface area contributed by atoms with Gasteiger partial charge in [-0.05, 0) is 42.5 Å². The molecule has 2 aromatic carbocycles. The summed E-state index contributed by atoms with van der Waals surface area (Å²) in [6.45, 7) is -0.155. The van der Waals surface area contributed by atoms with E-state index in [1.165, 1.54) is 4.90 Å². The molecular weight excluding hydrogens is 409 g/mol. The Labute approximate surface area is 170 Å². The number of para-hydroxylation sites is 1. The van der Waals surface area contributed by atoms with E-state index in [9.17, 15) is 9.59 Å². The Morgan fingerprint density at radius 3 is 2.44 bits per heavy atom. The zero-order chi connectivity index (χ0) is 19.6. The van der Waals surface area contributed by atoms with Gasteiger partial charge >= 0.3 is 0 Å². The summed E-state index contributed by atoms with van der Waals surface area (Å²) < 4.78 is 0. The molecule has 2 amide bonds. The van der Waals surface area contributed by atoms with E-state index in [0.717, 1.165) is 5.39 Å².